The molecule has 0 aliphatic heterocycles. The van der Waals surface area contributed by atoms with Crippen LogP contribution >= 0.6 is 23.4 Å². The molecule has 1 heterocycles. The summed E-state index contributed by atoms with van der Waals surface area (Å²) in [5.74, 6) is 0.0782. The molecule has 0 aliphatic rings. The zero-order chi connectivity index (χ0) is 16.8. The molecule has 1 aromatic carbocycles. The first-order chi connectivity index (χ1) is 11.0. The molecule has 1 aromatic heterocycles. The molecule has 6 heteroatoms. The van der Waals surface area contributed by atoms with Gasteiger partial charge in [-0.2, -0.15) is 5.26 Å². The van der Waals surface area contributed by atoms with Gasteiger partial charge in [0, 0.05) is 17.3 Å². The van der Waals surface area contributed by atoms with Crippen LogP contribution in [-0.2, 0) is 11.3 Å². The van der Waals surface area contributed by atoms with Gasteiger partial charge in [-0.25, -0.2) is 4.98 Å². The zero-order valence-electron chi connectivity index (χ0n) is 12.9. The van der Waals surface area contributed by atoms with Crippen molar-refractivity contribution in [2.24, 2.45) is 0 Å². The average Bonchev–Trinajstić information content (AvgIpc) is 2.51. The highest BCUT2D eigenvalue weighted by Gasteiger charge is 2.11. The van der Waals surface area contributed by atoms with E-state index < -0.39 is 0 Å². The van der Waals surface area contributed by atoms with Crippen LogP contribution in [0.2, 0.25) is 5.02 Å². The van der Waals surface area contributed by atoms with E-state index in [0.29, 0.717) is 22.2 Å². The number of nitrogens with one attached hydrogen (secondary N) is 1. The van der Waals surface area contributed by atoms with Gasteiger partial charge in [0.1, 0.15) is 11.1 Å². The van der Waals surface area contributed by atoms with Crippen molar-refractivity contribution in [1.82, 2.24) is 10.3 Å². The fraction of sp³-hybridized carbons (Fsp3) is 0.235. The number of aromatic nitrogens is 1. The molecule has 0 radical (unpaired) electrons. The van der Waals surface area contributed by atoms with Gasteiger partial charge in [-0.3, -0.25) is 4.79 Å². The van der Waals surface area contributed by atoms with Crippen LogP contribution in [0.4, 0.5) is 0 Å². The van der Waals surface area contributed by atoms with Crippen LogP contribution in [0, 0.1) is 25.2 Å². The van der Waals surface area contributed by atoms with Crippen LogP contribution in [0.1, 0.15) is 22.4 Å². The topological polar surface area (TPSA) is 65.8 Å². The molecular weight excluding hydrogens is 330 g/mol. The Balaban J connectivity index is 1.95. The Morgan fingerprint density at radius 1 is 1.39 bits per heavy atom. The Labute approximate surface area is 144 Å². The first-order valence-corrected chi connectivity index (χ1v) is 8.39. The third-order valence-corrected chi connectivity index (χ3v) is 4.54. The number of rotatable bonds is 5. The summed E-state index contributed by atoms with van der Waals surface area (Å²) < 4.78 is 0. The zero-order valence-corrected chi connectivity index (χ0v) is 14.5. The second kappa shape index (κ2) is 8.00. The average molecular weight is 346 g/mol. The molecule has 0 aliphatic carbocycles. The number of thioether (sulfide) groups is 1. The van der Waals surface area contributed by atoms with E-state index in [1.165, 1.54) is 11.8 Å². The first-order valence-electron chi connectivity index (χ1n) is 7.02. The summed E-state index contributed by atoms with van der Waals surface area (Å²) in [5.41, 5.74) is 3.11. The van der Waals surface area contributed by atoms with Gasteiger partial charge < -0.3 is 5.32 Å². The van der Waals surface area contributed by atoms with Crippen molar-refractivity contribution in [3.05, 3.63) is 57.7 Å². The molecule has 0 saturated carbocycles. The number of aryl methyl sites for hydroxylation is 2. The number of hydrogen-bond acceptors (Lipinski definition) is 4. The third kappa shape index (κ3) is 4.72. The van der Waals surface area contributed by atoms with Gasteiger partial charge in [-0.1, -0.05) is 41.6 Å². The minimum Gasteiger partial charge on any atom is -0.351 e. The van der Waals surface area contributed by atoms with E-state index in [-0.39, 0.29) is 11.7 Å². The number of carbonyl (C=O) groups is 1. The molecule has 0 spiro atoms. The maximum Gasteiger partial charge on any atom is 0.230 e. The maximum atomic E-state index is 12.0. The maximum absolute atomic E-state index is 12.0. The highest BCUT2D eigenvalue weighted by Crippen LogP contribution is 2.23. The second-order valence-electron chi connectivity index (χ2n) is 5.03. The van der Waals surface area contributed by atoms with Crippen molar-refractivity contribution < 1.29 is 4.79 Å². The number of benzene rings is 1. The molecule has 0 unspecified atom stereocenters. The molecule has 23 heavy (non-hydrogen) atoms. The predicted octanol–water partition coefficient (Wildman–Crippen LogP) is 3.63. The highest BCUT2D eigenvalue weighted by molar-refractivity contribution is 8.00. The molecule has 1 N–H and O–H groups in total. The van der Waals surface area contributed by atoms with E-state index in [2.05, 4.69) is 16.4 Å². The summed E-state index contributed by atoms with van der Waals surface area (Å²) in [6, 6.07) is 11.4. The van der Waals surface area contributed by atoms with E-state index in [9.17, 15) is 10.1 Å². The van der Waals surface area contributed by atoms with Gasteiger partial charge in [-0.05, 0) is 37.1 Å². The molecule has 0 atom stereocenters. The fourth-order valence-corrected chi connectivity index (χ4v) is 3.20. The molecule has 2 rings (SSSR count). The largest absolute Gasteiger partial charge is 0.351 e. The minimum atomic E-state index is -0.125. The standard InChI is InChI=1S/C17H16ClN3OS/c1-11-7-12(2)21-17(14(11)8-19)23-10-16(22)20-9-13-5-3-4-6-15(13)18/h3-7H,9-10H2,1-2H3,(H,20,22). The fourth-order valence-electron chi connectivity index (χ4n) is 2.06. The Bertz CT molecular complexity index is 771. The number of halogens is 1. The van der Waals surface area contributed by atoms with Crippen molar-refractivity contribution >= 4 is 29.3 Å². The summed E-state index contributed by atoms with van der Waals surface area (Å²) in [5, 5.41) is 13.3. The number of nitriles is 1. The highest BCUT2D eigenvalue weighted by atomic mass is 35.5. The van der Waals surface area contributed by atoms with E-state index in [4.69, 9.17) is 11.6 Å². The Morgan fingerprint density at radius 3 is 2.83 bits per heavy atom. The molecule has 0 saturated heterocycles. The van der Waals surface area contributed by atoms with Crippen molar-refractivity contribution in [2.75, 3.05) is 5.75 Å². The molecule has 0 bridgehead atoms. The quantitative estimate of drug-likeness (QED) is 0.840. The molecular formula is C17H16ClN3OS. The monoisotopic (exact) mass is 345 g/mol. The Hall–Kier alpha value is -2.03. The van der Waals surface area contributed by atoms with E-state index in [0.717, 1.165) is 16.8 Å². The van der Waals surface area contributed by atoms with Crippen LogP contribution in [0.3, 0.4) is 0 Å². The Morgan fingerprint density at radius 2 is 2.13 bits per heavy atom. The van der Waals surface area contributed by atoms with Gasteiger partial charge >= 0.3 is 0 Å². The van der Waals surface area contributed by atoms with Crippen molar-refractivity contribution in [2.45, 2.75) is 25.4 Å². The van der Waals surface area contributed by atoms with Crippen LogP contribution in [0.25, 0.3) is 0 Å². The molecule has 2 aromatic rings. The number of hydrogen-bond donors (Lipinski definition) is 1. The van der Waals surface area contributed by atoms with Crippen molar-refractivity contribution in [3.63, 3.8) is 0 Å². The Kier molecular flexibility index (Phi) is 6.03. The van der Waals surface area contributed by atoms with Crippen LogP contribution in [0.15, 0.2) is 35.4 Å². The van der Waals surface area contributed by atoms with Gasteiger partial charge in [0.2, 0.25) is 5.91 Å². The summed E-state index contributed by atoms with van der Waals surface area (Å²) in [6.07, 6.45) is 0. The smallest absolute Gasteiger partial charge is 0.230 e. The van der Waals surface area contributed by atoms with Crippen LogP contribution in [0.5, 0.6) is 0 Å². The molecule has 0 fully saturated rings. The number of amides is 1. The summed E-state index contributed by atoms with van der Waals surface area (Å²) in [4.78, 5) is 16.3. The predicted molar refractivity (Wildman–Crippen MR) is 92.4 cm³/mol. The van der Waals surface area contributed by atoms with Gasteiger partial charge in [-0.15, -0.1) is 0 Å². The SMILES string of the molecule is Cc1cc(C)c(C#N)c(SCC(=O)NCc2ccccc2Cl)n1. The lowest BCUT2D eigenvalue weighted by Crippen LogP contribution is -2.24. The van der Waals surface area contributed by atoms with Gasteiger partial charge in [0.05, 0.1) is 11.3 Å². The lowest BCUT2D eigenvalue weighted by molar-refractivity contribution is -0.118. The lowest BCUT2D eigenvalue weighted by atomic mass is 10.1. The normalized spacial score (nSPS) is 10.2. The molecule has 118 valence electrons. The summed E-state index contributed by atoms with van der Waals surface area (Å²) in [7, 11) is 0. The summed E-state index contributed by atoms with van der Waals surface area (Å²) in [6.45, 7) is 4.12. The second-order valence-corrected chi connectivity index (χ2v) is 6.40. The summed E-state index contributed by atoms with van der Waals surface area (Å²) >= 11 is 7.32. The van der Waals surface area contributed by atoms with Crippen molar-refractivity contribution in [3.8, 4) is 6.07 Å². The van der Waals surface area contributed by atoms with E-state index >= 15 is 0 Å². The lowest BCUT2D eigenvalue weighted by Gasteiger charge is -2.09. The van der Waals surface area contributed by atoms with Crippen LogP contribution in [-0.4, -0.2) is 16.6 Å². The van der Waals surface area contributed by atoms with Crippen molar-refractivity contribution in [1.29, 1.82) is 5.26 Å². The van der Waals surface area contributed by atoms with E-state index in [1.807, 2.05) is 38.1 Å². The third-order valence-electron chi connectivity index (χ3n) is 3.20. The molecule has 4 nitrogen and oxygen atoms in total. The minimum absolute atomic E-state index is 0.125. The number of nitrogens with zero attached hydrogens (tertiary/aromatic N) is 2. The van der Waals surface area contributed by atoms with Gasteiger partial charge in [0.25, 0.3) is 0 Å². The van der Waals surface area contributed by atoms with Gasteiger partial charge in [0.15, 0.2) is 0 Å². The van der Waals surface area contributed by atoms with E-state index in [1.54, 1.807) is 6.07 Å². The van der Waals surface area contributed by atoms with Crippen LogP contribution < -0.4 is 5.32 Å². The number of carbonyl (C=O) groups excluding carboxylic acids is 1. The molecule has 1 amide bonds. The first kappa shape index (κ1) is 17.3. The number of pyridine rings is 1.